The van der Waals surface area contributed by atoms with E-state index in [9.17, 15) is 4.79 Å². The lowest BCUT2D eigenvalue weighted by Gasteiger charge is -2.16. The predicted molar refractivity (Wildman–Crippen MR) is 67.6 cm³/mol. The highest BCUT2D eigenvalue weighted by atomic mass is 35.5. The first-order valence-corrected chi connectivity index (χ1v) is 5.62. The number of rotatable bonds is 3. The number of carbonyl (C=O) groups excluding carboxylic acids is 1. The van der Waals surface area contributed by atoms with Gasteiger partial charge in [-0.1, -0.05) is 31.5 Å². The molecule has 1 aromatic rings. The summed E-state index contributed by atoms with van der Waals surface area (Å²) in [5.74, 6) is -0.0696. The second-order valence-electron chi connectivity index (χ2n) is 4.22. The van der Waals surface area contributed by atoms with Crippen LogP contribution < -0.4 is 11.1 Å². The standard InChI is InChI=1S/C12H17ClN2O/c1-7(2)11(14)12(16)15-10-6-9(13)5-4-8(10)3/h4-7,11H,14H2,1-3H3,(H,15,16)/t11-/m1/s1. The summed E-state index contributed by atoms with van der Waals surface area (Å²) in [5.41, 5.74) is 7.43. The van der Waals surface area contributed by atoms with Crippen LogP contribution in [-0.4, -0.2) is 11.9 Å². The number of hydrogen-bond donors (Lipinski definition) is 2. The number of halogens is 1. The fraction of sp³-hybridized carbons (Fsp3) is 0.417. The molecule has 0 aromatic heterocycles. The van der Waals surface area contributed by atoms with Crippen molar-refractivity contribution in [1.82, 2.24) is 0 Å². The minimum atomic E-state index is -0.501. The third-order valence-electron chi connectivity index (χ3n) is 2.48. The highest BCUT2D eigenvalue weighted by molar-refractivity contribution is 6.31. The molecule has 1 aromatic carbocycles. The molecule has 1 amide bonds. The Morgan fingerprint density at radius 2 is 2.06 bits per heavy atom. The Morgan fingerprint density at radius 3 is 2.62 bits per heavy atom. The number of aryl methyl sites for hydroxylation is 1. The van der Waals surface area contributed by atoms with E-state index in [1.54, 1.807) is 12.1 Å². The molecule has 4 heteroatoms. The Labute approximate surface area is 101 Å². The molecule has 0 unspecified atom stereocenters. The summed E-state index contributed by atoms with van der Waals surface area (Å²) >= 11 is 5.86. The van der Waals surface area contributed by atoms with Crippen LogP contribution in [0.1, 0.15) is 19.4 Å². The van der Waals surface area contributed by atoms with Crippen molar-refractivity contribution in [2.24, 2.45) is 11.7 Å². The Balaban J connectivity index is 2.80. The van der Waals surface area contributed by atoms with Crippen LogP contribution in [0.25, 0.3) is 0 Å². The Morgan fingerprint density at radius 1 is 1.44 bits per heavy atom. The molecular weight excluding hydrogens is 224 g/mol. The van der Waals surface area contributed by atoms with E-state index in [2.05, 4.69) is 5.32 Å². The van der Waals surface area contributed by atoms with Crippen molar-refractivity contribution in [2.75, 3.05) is 5.32 Å². The van der Waals surface area contributed by atoms with Gasteiger partial charge in [0.2, 0.25) is 5.91 Å². The number of hydrogen-bond acceptors (Lipinski definition) is 2. The molecule has 88 valence electrons. The molecule has 0 aliphatic carbocycles. The highest BCUT2D eigenvalue weighted by Gasteiger charge is 2.17. The summed E-state index contributed by atoms with van der Waals surface area (Å²) < 4.78 is 0. The fourth-order valence-corrected chi connectivity index (χ4v) is 1.42. The maximum absolute atomic E-state index is 11.7. The van der Waals surface area contributed by atoms with Crippen molar-refractivity contribution >= 4 is 23.2 Å². The van der Waals surface area contributed by atoms with Gasteiger partial charge < -0.3 is 11.1 Å². The molecule has 0 fully saturated rings. The summed E-state index contributed by atoms with van der Waals surface area (Å²) in [6.07, 6.45) is 0. The first-order chi connectivity index (χ1) is 7.41. The zero-order valence-corrected chi connectivity index (χ0v) is 10.5. The van der Waals surface area contributed by atoms with Crippen LogP contribution in [0.3, 0.4) is 0 Å². The van der Waals surface area contributed by atoms with E-state index >= 15 is 0 Å². The van der Waals surface area contributed by atoms with E-state index in [0.717, 1.165) is 5.56 Å². The predicted octanol–water partition coefficient (Wildman–Crippen LogP) is 2.57. The van der Waals surface area contributed by atoms with Crippen molar-refractivity contribution in [2.45, 2.75) is 26.8 Å². The van der Waals surface area contributed by atoms with Crippen LogP contribution in [0.4, 0.5) is 5.69 Å². The second kappa shape index (κ2) is 5.32. The zero-order valence-electron chi connectivity index (χ0n) is 9.75. The van der Waals surface area contributed by atoms with Crippen molar-refractivity contribution in [3.8, 4) is 0 Å². The molecule has 0 saturated carbocycles. The number of anilines is 1. The van der Waals surface area contributed by atoms with Crippen molar-refractivity contribution in [3.63, 3.8) is 0 Å². The van der Waals surface area contributed by atoms with Gasteiger partial charge in [-0.05, 0) is 30.5 Å². The third-order valence-corrected chi connectivity index (χ3v) is 2.71. The molecule has 0 radical (unpaired) electrons. The summed E-state index contributed by atoms with van der Waals surface area (Å²) in [4.78, 5) is 11.7. The van der Waals surface area contributed by atoms with Gasteiger partial charge in [-0.3, -0.25) is 4.79 Å². The normalized spacial score (nSPS) is 12.6. The Kier molecular flexibility index (Phi) is 4.33. The molecule has 3 nitrogen and oxygen atoms in total. The summed E-state index contributed by atoms with van der Waals surface area (Å²) in [7, 11) is 0. The SMILES string of the molecule is Cc1ccc(Cl)cc1NC(=O)[C@H](N)C(C)C. The minimum absolute atomic E-state index is 0.111. The van der Waals surface area contributed by atoms with E-state index in [1.807, 2.05) is 26.8 Å². The fourth-order valence-electron chi connectivity index (χ4n) is 1.25. The average Bonchev–Trinajstić information content (AvgIpc) is 2.22. The molecule has 1 rings (SSSR count). The number of benzene rings is 1. The maximum atomic E-state index is 11.7. The molecule has 0 spiro atoms. The van der Waals surface area contributed by atoms with E-state index in [-0.39, 0.29) is 11.8 Å². The van der Waals surface area contributed by atoms with Gasteiger partial charge in [-0.25, -0.2) is 0 Å². The summed E-state index contributed by atoms with van der Waals surface area (Å²) in [6, 6.07) is 4.87. The van der Waals surface area contributed by atoms with Gasteiger partial charge in [0.1, 0.15) is 0 Å². The molecule has 0 bridgehead atoms. The van der Waals surface area contributed by atoms with Gasteiger partial charge >= 0.3 is 0 Å². The van der Waals surface area contributed by atoms with E-state index < -0.39 is 6.04 Å². The zero-order chi connectivity index (χ0) is 12.3. The van der Waals surface area contributed by atoms with E-state index in [0.29, 0.717) is 10.7 Å². The molecule has 16 heavy (non-hydrogen) atoms. The quantitative estimate of drug-likeness (QED) is 0.853. The molecule has 0 aliphatic heterocycles. The van der Waals surface area contributed by atoms with Gasteiger partial charge in [0.25, 0.3) is 0 Å². The molecule has 0 saturated heterocycles. The molecule has 1 atom stereocenters. The molecule has 3 N–H and O–H groups in total. The molecule has 0 aliphatic rings. The van der Waals surface area contributed by atoms with Crippen LogP contribution >= 0.6 is 11.6 Å². The van der Waals surface area contributed by atoms with Crippen LogP contribution in [0, 0.1) is 12.8 Å². The van der Waals surface area contributed by atoms with Gasteiger partial charge in [-0.15, -0.1) is 0 Å². The number of amides is 1. The second-order valence-corrected chi connectivity index (χ2v) is 4.65. The third kappa shape index (κ3) is 3.22. The number of carbonyl (C=O) groups is 1. The van der Waals surface area contributed by atoms with Crippen LogP contribution in [0.5, 0.6) is 0 Å². The lowest BCUT2D eigenvalue weighted by molar-refractivity contribution is -0.118. The monoisotopic (exact) mass is 240 g/mol. The van der Waals surface area contributed by atoms with Crippen LogP contribution in [-0.2, 0) is 4.79 Å². The van der Waals surface area contributed by atoms with Gasteiger partial charge in [0.15, 0.2) is 0 Å². The average molecular weight is 241 g/mol. The van der Waals surface area contributed by atoms with Crippen molar-refractivity contribution < 1.29 is 4.79 Å². The minimum Gasteiger partial charge on any atom is -0.324 e. The number of nitrogens with one attached hydrogen (secondary N) is 1. The van der Waals surface area contributed by atoms with Crippen molar-refractivity contribution in [1.29, 1.82) is 0 Å². The lowest BCUT2D eigenvalue weighted by Crippen LogP contribution is -2.39. The maximum Gasteiger partial charge on any atom is 0.241 e. The number of nitrogens with two attached hydrogens (primary N) is 1. The van der Waals surface area contributed by atoms with E-state index in [4.69, 9.17) is 17.3 Å². The van der Waals surface area contributed by atoms with Gasteiger partial charge in [0.05, 0.1) is 6.04 Å². The first kappa shape index (κ1) is 13.0. The lowest BCUT2D eigenvalue weighted by atomic mass is 10.0. The highest BCUT2D eigenvalue weighted by Crippen LogP contribution is 2.20. The molecule has 0 heterocycles. The first-order valence-electron chi connectivity index (χ1n) is 5.24. The van der Waals surface area contributed by atoms with Crippen molar-refractivity contribution in [3.05, 3.63) is 28.8 Å². The largest absolute Gasteiger partial charge is 0.324 e. The smallest absolute Gasteiger partial charge is 0.241 e. The summed E-state index contributed by atoms with van der Waals surface area (Å²) in [6.45, 7) is 5.73. The molecular formula is C12H17ClN2O. The Bertz CT molecular complexity index is 391. The van der Waals surface area contributed by atoms with Crippen LogP contribution in [0.15, 0.2) is 18.2 Å². The van der Waals surface area contributed by atoms with E-state index in [1.165, 1.54) is 0 Å². The topological polar surface area (TPSA) is 55.1 Å². The van der Waals surface area contributed by atoms with Gasteiger partial charge in [0, 0.05) is 10.7 Å². The van der Waals surface area contributed by atoms with Gasteiger partial charge in [-0.2, -0.15) is 0 Å². The van der Waals surface area contributed by atoms with Crippen LogP contribution in [0.2, 0.25) is 5.02 Å². The Hall–Kier alpha value is -1.06. The summed E-state index contributed by atoms with van der Waals surface area (Å²) in [5, 5.41) is 3.38.